The topological polar surface area (TPSA) is 79.2 Å². The predicted octanol–water partition coefficient (Wildman–Crippen LogP) is 4.69. The summed E-state index contributed by atoms with van der Waals surface area (Å²) in [6.45, 7) is 2.03. The van der Waals surface area contributed by atoms with E-state index in [1.165, 1.54) is 29.9 Å². The van der Waals surface area contributed by atoms with Gasteiger partial charge < -0.3 is 14.8 Å². The van der Waals surface area contributed by atoms with Crippen molar-refractivity contribution in [3.8, 4) is 22.0 Å². The van der Waals surface area contributed by atoms with Crippen LogP contribution in [0.1, 0.15) is 35.8 Å². The van der Waals surface area contributed by atoms with E-state index in [1.807, 2.05) is 24.7 Å². The standard InChI is InChI=1S/C27H26FN7OS/c1-33-20-10-21(33)13-34(12-20)19-8-9-23(29-11-19)32-26(36)22-14-37-27(31-22)25-24(16-2-4-17(28)5-3-16)30-15-35(25)18-6-7-18/h2-5,8-9,11,14-15,18,20-21H,6-7,10,12-13H2,1H3,(H,29,32,36). The summed E-state index contributed by atoms with van der Waals surface area (Å²) in [5.74, 6) is -0.0936. The van der Waals surface area contributed by atoms with Gasteiger partial charge >= 0.3 is 0 Å². The lowest BCUT2D eigenvalue weighted by atomic mass is 9.88. The Morgan fingerprint density at radius 1 is 1.05 bits per heavy atom. The molecule has 1 saturated carbocycles. The summed E-state index contributed by atoms with van der Waals surface area (Å²) in [6.07, 6.45) is 7.10. The normalized spacial score (nSPS) is 21.1. The molecular weight excluding hydrogens is 489 g/mol. The highest BCUT2D eigenvalue weighted by molar-refractivity contribution is 7.13. The van der Waals surface area contributed by atoms with Crippen LogP contribution < -0.4 is 10.2 Å². The summed E-state index contributed by atoms with van der Waals surface area (Å²) in [7, 11) is 2.19. The maximum Gasteiger partial charge on any atom is 0.276 e. The molecular formula is C27H26FN7OS. The summed E-state index contributed by atoms with van der Waals surface area (Å²) in [5, 5.41) is 5.35. The van der Waals surface area contributed by atoms with Gasteiger partial charge in [-0.2, -0.15) is 0 Å². The maximum atomic E-state index is 13.5. The Labute approximate surface area is 217 Å². The third kappa shape index (κ3) is 4.10. The molecule has 1 amide bonds. The number of halogens is 1. The Kier molecular flexibility index (Phi) is 5.33. The number of amides is 1. The number of imidazole rings is 1. The zero-order valence-corrected chi connectivity index (χ0v) is 21.2. The van der Waals surface area contributed by atoms with Gasteiger partial charge in [-0.1, -0.05) is 0 Å². The quantitative estimate of drug-likeness (QED) is 0.402. The van der Waals surface area contributed by atoms with Crippen molar-refractivity contribution in [2.45, 2.75) is 37.4 Å². The van der Waals surface area contributed by atoms with Crippen LogP contribution in [0.3, 0.4) is 0 Å². The predicted molar refractivity (Wildman–Crippen MR) is 141 cm³/mol. The number of likely N-dealkylation sites (N-methyl/N-ethyl adjacent to an activating group) is 1. The molecule has 10 heteroatoms. The summed E-state index contributed by atoms with van der Waals surface area (Å²) >= 11 is 1.41. The van der Waals surface area contributed by atoms with Crippen molar-refractivity contribution in [2.75, 3.05) is 30.4 Å². The van der Waals surface area contributed by atoms with Crippen LogP contribution in [0.4, 0.5) is 15.9 Å². The zero-order chi connectivity index (χ0) is 25.1. The molecule has 0 spiro atoms. The third-order valence-corrected chi connectivity index (χ3v) is 8.55. The molecule has 1 N–H and O–H groups in total. The van der Waals surface area contributed by atoms with Crippen molar-refractivity contribution in [2.24, 2.45) is 0 Å². The number of hydrogen-bond donors (Lipinski definition) is 1. The van der Waals surface area contributed by atoms with Crippen LogP contribution in [0.5, 0.6) is 0 Å². The molecule has 37 heavy (non-hydrogen) atoms. The Morgan fingerprint density at radius 3 is 2.51 bits per heavy atom. The molecule has 1 aromatic carbocycles. The van der Waals surface area contributed by atoms with E-state index in [1.54, 1.807) is 17.5 Å². The molecule has 4 fully saturated rings. The number of nitrogens with zero attached hydrogens (tertiary/aromatic N) is 6. The summed E-state index contributed by atoms with van der Waals surface area (Å²) < 4.78 is 15.6. The number of thiazole rings is 1. The van der Waals surface area contributed by atoms with E-state index in [0.717, 1.165) is 48.6 Å². The molecule has 0 radical (unpaired) electrons. The lowest BCUT2D eigenvalue weighted by Crippen LogP contribution is -2.67. The van der Waals surface area contributed by atoms with Gasteiger partial charge in [-0.15, -0.1) is 11.3 Å². The first-order chi connectivity index (χ1) is 18.0. The first kappa shape index (κ1) is 22.6. The SMILES string of the molecule is CN1C2CC1CN(c1ccc(NC(=O)c3csc(-c4c(-c5ccc(F)cc5)ncn4C4CC4)n3)nc1)C2. The highest BCUT2D eigenvalue weighted by Crippen LogP contribution is 2.42. The van der Waals surface area contributed by atoms with Gasteiger partial charge in [0, 0.05) is 42.2 Å². The first-order valence-corrected chi connectivity index (χ1v) is 13.4. The minimum atomic E-state index is -0.301. The van der Waals surface area contributed by atoms with Crippen molar-refractivity contribution in [1.29, 1.82) is 0 Å². The van der Waals surface area contributed by atoms with Crippen LogP contribution in [0.2, 0.25) is 0 Å². The number of aromatic nitrogens is 4. The average molecular weight is 516 g/mol. The van der Waals surface area contributed by atoms with Crippen molar-refractivity contribution in [3.63, 3.8) is 0 Å². The largest absolute Gasteiger partial charge is 0.367 e. The summed E-state index contributed by atoms with van der Waals surface area (Å²) in [5.41, 5.74) is 3.84. The third-order valence-electron chi connectivity index (χ3n) is 7.70. The van der Waals surface area contributed by atoms with Crippen molar-refractivity contribution < 1.29 is 9.18 Å². The Bertz CT molecular complexity index is 1450. The number of carbonyl (C=O) groups excluding carboxylic acids is 1. The van der Waals surface area contributed by atoms with Crippen LogP contribution in [0.15, 0.2) is 54.3 Å². The molecule has 8 nitrogen and oxygen atoms in total. The fourth-order valence-electron chi connectivity index (χ4n) is 5.34. The van der Waals surface area contributed by atoms with Crippen LogP contribution >= 0.6 is 11.3 Å². The number of fused-ring (bicyclic) bond motifs is 2. The molecule has 3 aliphatic heterocycles. The molecule has 2 bridgehead atoms. The second kappa shape index (κ2) is 8.74. The number of pyridine rings is 1. The maximum absolute atomic E-state index is 13.5. The number of nitrogens with one attached hydrogen (secondary N) is 1. The molecule has 188 valence electrons. The number of piperidine rings is 1. The van der Waals surface area contributed by atoms with Gasteiger partial charge in [-0.05, 0) is 62.7 Å². The van der Waals surface area contributed by atoms with E-state index >= 15 is 0 Å². The highest BCUT2D eigenvalue weighted by Gasteiger charge is 2.42. The number of anilines is 2. The van der Waals surface area contributed by atoms with Crippen LogP contribution in [-0.2, 0) is 0 Å². The number of rotatable bonds is 6. The number of piperazine rings is 1. The second-order valence-corrected chi connectivity index (χ2v) is 11.0. The molecule has 6 heterocycles. The average Bonchev–Trinajstić information content (AvgIpc) is 3.48. The molecule has 3 aromatic heterocycles. The number of hydrogen-bond acceptors (Lipinski definition) is 7. The van der Waals surface area contributed by atoms with E-state index in [2.05, 4.69) is 41.7 Å². The van der Waals surface area contributed by atoms with E-state index in [0.29, 0.717) is 34.6 Å². The van der Waals surface area contributed by atoms with Crippen molar-refractivity contribution in [1.82, 2.24) is 24.4 Å². The Balaban J connectivity index is 1.09. The van der Waals surface area contributed by atoms with Gasteiger partial charge in [0.15, 0.2) is 0 Å². The van der Waals surface area contributed by atoms with Crippen LogP contribution in [0, 0.1) is 5.82 Å². The monoisotopic (exact) mass is 515 g/mol. The Morgan fingerprint density at radius 2 is 1.84 bits per heavy atom. The van der Waals surface area contributed by atoms with E-state index < -0.39 is 0 Å². The fraction of sp³-hybridized carbons (Fsp3) is 0.333. The van der Waals surface area contributed by atoms with E-state index in [-0.39, 0.29) is 11.7 Å². The summed E-state index contributed by atoms with van der Waals surface area (Å²) in [4.78, 5) is 31.6. The molecule has 8 rings (SSSR count). The molecule has 2 unspecified atom stereocenters. The minimum Gasteiger partial charge on any atom is -0.367 e. The van der Waals surface area contributed by atoms with Crippen LogP contribution in [0.25, 0.3) is 22.0 Å². The minimum absolute atomic E-state index is 0.290. The lowest BCUT2D eigenvalue weighted by molar-refractivity contribution is 0.0264. The Hall–Kier alpha value is -3.63. The van der Waals surface area contributed by atoms with Gasteiger partial charge in [0.25, 0.3) is 5.91 Å². The van der Waals surface area contributed by atoms with Gasteiger partial charge in [0.05, 0.1) is 23.9 Å². The fourth-order valence-corrected chi connectivity index (χ4v) is 6.19. The lowest BCUT2D eigenvalue weighted by Gasteiger charge is -2.55. The molecule has 4 aliphatic rings. The van der Waals surface area contributed by atoms with Crippen molar-refractivity contribution in [3.05, 3.63) is 65.8 Å². The van der Waals surface area contributed by atoms with Crippen LogP contribution in [-0.4, -0.2) is 62.5 Å². The van der Waals surface area contributed by atoms with Crippen molar-refractivity contribution >= 4 is 28.7 Å². The molecule has 3 saturated heterocycles. The molecule has 1 aliphatic carbocycles. The van der Waals surface area contributed by atoms with E-state index in [9.17, 15) is 9.18 Å². The molecule has 4 aromatic rings. The summed E-state index contributed by atoms with van der Waals surface area (Å²) in [6, 6.07) is 11.8. The van der Waals surface area contributed by atoms with E-state index in [4.69, 9.17) is 0 Å². The van der Waals surface area contributed by atoms with Gasteiger partial charge in [0.1, 0.15) is 28.0 Å². The number of benzene rings is 1. The zero-order valence-electron chi connectivity index (χ0n) is 20.3. The second-order valence-electron chi connectivity index (χ2n) is 10.1. The van der Waals surface area contributed by atoms with Gasteiger partial charge in [0.2, 0.25) is 0 Å². The smallest absolute Gasteiger partial charge is 0.276 e. The van der Waals surface area contributed by atoms with Gasteiger partial charge in [-0.3, -0.25) is 9.69 Å². The van der Waals surface area contributed by atoms with Gasteiger partial charge in [-0.25, -0.2) is 19.3 Å². The molecule has 2 atom stereocenters. The highest BCUT2D eigenvalue weighted by atomic mass is 32.1. The first-order valence-electron chi connectivity index (χ1n) is 12.6. The number of carbonyl (C=O) groups is 1.